The number of hydrogen-bond acceptors (Lipinski definition) is 3. The molecule has 2 N–H and O–H groups in total. The van der Waals surface area contributed by atoms with Crippen molar-refractivity contribution in [2.75, 3.05) is 26.8 Å². The Morgan fingerprint density at radius 2 is 2.24 bits per heavy atom. The van der Waals surface area contributed by atoms with Gasteiger partial charge in [-0.15, -0.1) is 0 Å². The summed E-state index contributed by atoms with van der Waals surface area (Å²) in [7, 11) is 1.73. The summed E-state index contributed by atoms with van der Waals surface area (Å²) < 4.78 is 5.16. The van der Waals surface area contributed by atoms with Crippen molar-refractivity contribution < 1.29 is 9.53 Å². The first-order valence-electron chi connectivity index (χ1n) is 6.74. The third-order valence-electron chi connectivity index (χ3n) is 4.06. The molecule has 17 heavy (non-hydrogen) atoms. The first-order valence-corrected chi connectivity index (χ1v) is 6.74. The Kier molecular flexibility index (Phi) is 4.40. The van der Waals surface area contributed by atoms with Gasteiger partial charge in [-0.1, -0.05) is 6.42 Å². The van der Waals surface area contributed by atoms with Gasteiger partial charge in [0.25, 0.3) is 0 Å². The number of methoxy groups -OCH3 is 1. The normalized spacial score (nSPS) is 34.0. The van der Waals surface area contributed by atoms with Crippen molar-refractivity contribution in [1.29, 1.82) is 0 Å². The summed E-state index contributed by atoms with van der Waals surface area (Å²) in [6, 6.07) is 0.232. The highest BCUT2D eigenvalue weighted by Crippen LogP contribution is 2.27. The summed E-state index contributed by atoms with van der Waals surface area (Å²) in [6.07, 6.45) is 5.17. The summed E-state index contributed by atoms with van der Waals surface area (Å²) in [4.78, 5) is 14.3. The average molecular weight is 240 g/mol. The van der Waals surface area contributed by atoms with Crippen LogP contribution in [0.3, 0.4) is 0 Å². The summed E-state index contributed by atoms with van der Waals surface area (Å²) in [6.45, 7) is 2.55. The minimum atomic E-state index is 0.181. The predicted molar refractivity (Wildman–Crippen MR) is 66.5 cm³/mol. The zero-order chi connectivity index (χ0) is 12.3. The van der Waals surface area contributed by atoms with Crippen LogP contribution in [0.15, 0.2) is 0 Å². The number of carbonyl (C=O) groups is 1. The molecule has 1 aliphatic carbocycles. The molecule has 2 aliphatic rings. The van der Waals surface area contributed by atoms with Gasteiger partial charge in [-0.2, -0.15) is 0 Å². The lowest BCUT2D eigenvalue weighted by Gasteiger charge is -2.29. The molecule has 1 aliphatic heterocycles. The second kappa shape index (κ2) is 5.83. The Morgan fingerprint density at radius 3 is 2.94 bits per heavy atom. The van der Waals surface area contributed by atoms with Crippen LogP contribution < -0.4 is 5.73 Å². The molecule has 0 aromatic carbocycles. The van der Waals surface area contributed by atoms with E-state index in [1.165, 1.54) is 0 Å². The molecule has 4 heteroatoms. The van der Waals surface area contributed by atoms with E-state index >= 15 is 0 Å². The molecule has 4 nitrogen and oxygen atoms in total. The minimum absolute atomic E-state index is 0.181. The third-order valence-corrected chi connectivity index (χ3v) is 4.06. The van der Waals surface area contributed by atoms with Crippen LogP contribution in [0.5, 0.6) is 0 Å². The molecule has 1 saturated heterocycles. The van der Waals surface area contributed by atoms with Crippen LogP contribution in [0, 0.1) is 11.8 Å². The van der Waals surface area contributed by atoms with Crippen LogP contribution in [0.2, 0.25) is 0 Å². The zero-order valence-electron chi connectivity index (χ0n) is 10.7. The Balaban J connectivity index is 1.83. The van der Waals surface area contributed by atoms with Crippen molar-refractivity contribution in [3.05, 3.63) is 0 Å². The van der Waals surface area contributed by atoms with Gasteiger partial charge >= 0.3 is 0 Å². The summed E-state index contributed by atoms with van der Waals surface area (Å²) in [5.74, 6) is 1.04. The van der Waals surface area contributed by atoms with Crippen LogP contribution in [-0.4, -0.2) is 43.7 Å². The smallest absolute Gasteiger partial charge is 0.225 e. The second-order valence-corrected chi connectivity index (χ2v) is 5.52. The van der Waals surface area contributed by atoms with E-state index in [0.29, 0.717) is 11.8 Å². The Bertz CT molecular complexity index is 270. The van der Waals surface area contributed by atoms with Gasteiger partial charge < -0.3 is 15.4 Å². The third kappa shape index (κ3) is 3.19. The van der Waals surface area contributed by atoms with E-state index in [1.807, 2.05) is 4.90 Å². The standard InChI is InChI=1S/C13H24N2O2/c1-17-9-10-5-6-15(8-10)13(16)11-3-2-4-12(14)7-11/h10-12H,2-9,14H2,1H3. The van der Waals surface area contributed by atoms with E-state index in [4.69, 9.17) is 10.5 Å². The zero-order valence-corrected chi connectivity index (χ0v) is 10.7. The molecule has 3 atom stereocenters. The molecule has 0 spiro atoms. The average Bonchev–Trinajstić information content (AvgIpc) is 2.77. The fourth-order valence-corrected chi connectivity index (χ4v) is 3.11. The van der Waals surface area contributed by atoms with Crippen LogP contribution in [0.25, 0.3) is 0 Å². The Hall–Kier alpha value is -0.610. The molecular formula is C13H24N2O2. The lowest BCUT2D eigenvalue weighted by molar-refractivity contribution is -0.135. The van der Waals surface area contributed by atoms with Crippen LogP contribution >= 0.6 is 0 Å². The highest BCUT2D eigenvalue weighted by molar-refractivity contribution is 5.79. The van der Waals surface area contributed by atoms with Crippen LogP contribution in [0.4, 0.5) is 0 Å². The number of likely N-dealkylation sites (tertiary alicyclic amines) is 1. The molecule has 1 heterocycles. The largest absolute Gasteiger partial charge is 0.384 e. The van der Waals surface area contributed by atoms with Crippen molar-refractivity contribution in [2.45, 2.75) is 38.1 Å². The molecule has 2 fully saturated rings. The Labute approximate surface area is 103 Å². The van der Waals surface area contributed by atoms with Gasteiger partial charge in [0.15, 0.2) is 0 Å². The van der Waals surface area contributed by atoms with Crippen molar-refractivity contribution in [3.63, 3.8) is 0 Å². The van der Waals surface area contributed by atoms with Gasteiger partial charge in [0.05, 0.1) is 6.61 Å². The van der Waals surface area contributed by atoms with E-state index in [2.05, 4.69) is 0 Å². The predicted octanol–water partition coefficient (Wildman–Crippen LogP) is 0.999. The molecule has 0 bridgehead atoms. The number of nitrogens with zero attached hydrogens (tertiary/aromatic N) is 1. The van der Waals surface area contributed by atoms with Crippen molar-refractivity contribution in [2.24, 2.45) is 17.6 Å². The van der Waals surface area contributed by atoms with Crippen molar-refractivity contribution >= 4 is 5.91 Å². The quantitative estimate of drug-likeness (QED) is 0.800. The highest BCUT2D eigenvalue weighted by atomic mass is 16.5. The van der Waals surface area contributed by atoms with E-state index in [-0.39, 0.29) is 12.0 Å². The maximum Gasteiger partial charge on any atom is 0.225 e. The summed E-state index contributed by atoms with van der Waals surface area (Å²) >= 11 is 0. The van der Waals surface area contributed by atoms with Gasteiger partial charge in [-0.25, -0.2) is 0 Å². The maximum atomic E-state index is 12.3. The number of hydrogen-bond donors (Lipinski definition) is 1. The van der Waals surface area contributed by atoms with E-state index in [9.17, 15) is 4.79 Å². The number of nitrogens with two attached hydrogens (primary N) is 1. The molecular weight excluding hydrogens is 216 g/mol. The fourth-order valence-electron chi connectivity index (χ4n) is 3.11. The number of ether oxygens (including phenoxy) is 1. The second-order valence-electron chi connectivity index (χ2n) is 5.52. The summed E-state index contributed by atoms with van der Waals surface area (Å²) in [5.41, 5.74) is 5.95. The Morgan fingerprint density at radius 1 is 1.41 bits per heavy atom. The molecule has 3 unspecified atom stereocenters. The lowest BCUT2D eigenvalue weighted by atomic mass is 9.85. The summed E-state index contributed by atoms with van der Waals surface area (Å²) in [5, 5.41) is 0. The van der Waals surface area contributed by atoms with Gasteiger partial charge in [0.2, 0.25) is 5.91 Å². The molecule has 0 radical (unpaired) electrons. The van der Waals surface area contributed by atoms with Crippen molar-refractivity contribution in [1.82, 2.24) is 4.90 Å². The monoisotopic (exact) mass is 240 g/mol. The number of amides is 1. The number of carbonyl (C=O) groups excluding carboxylic acids is 1. The maximum absolute atomic E-state index is 12.3. The topological polar surface area (TPSA) is 55.6 Å². The highest BCUT2D eigenvalue weighted by Gasteiger charge is 2.32. The minimum Gasteiger partial charge on any atom is -0.384 e. The van der Waals surface area contributed by atoms with Crippen LogP contribution in [0.1, 0.15) is 32.1 Å². The fraction of sp³-hybridized carbons (Fsp3) is 0.923. The molecule has 1 saturated carbocycles. The van der Waals surface area contributed by atoms with Crippen LogP contribution in [-0.2, 0) is 9.53 Å². The van der Waals surface area contributed by atoms with E-state index < -0.39 is 0 Å². The number of rotatable bonds is 3. The van der Waals surface area contributed by atoms with E-state index in [0.717, 1.165) is 51.8 Å². The molecule has 98 valence electrons. The van der Waals surface area contributed by atoms with Gasteiger partial charge in [-0.05, 0) is 25.7 Å². The molecule has 0 aromatic rings. The SMILES string of the molecule is COCC1CCN(C(=O)C2CCCC(N)C2)C1. The van der Waals surface area contributed by atoms with Gasteiger partial charge in [0, 0.05) is 38.1 Å². The molecule has 0 aromatic heterocycles. The molecule has 1 amide bonds. The van der Waals surface area contributed by atoms with Gasteiger partial charge in [0.1, 0.15) is 0 Å². The van der Waals surface area contributed by atoms with E-state index in [1.54, 1.807) is 7.11 Å². The molecule has 2 rings (SSSR count). The lowest BCUT2D eigenvalue weighted by Crippen LogP contribution is -2.39. The first kappa shape index (κ1) is 12.8. The van der Waals surface area contributed by atoms with Crippen molar-refractivity contribution in [3.8, 4) is 0 Å². The van der Waals surface area contributed by atoms with Gasteiger partial charge in [-0.3, -0.25) is 4.79 Å². The first-order chi connectivity index (χ1) is 8.20.